The molecule has 0 aliphatic carbocycles. The second-order valence-electron chi connectivity index (χ2n) is 4.47. The third-order valence-electron chi connectivity index (χ3n) is 2.46. The normalized spacial score (nSPS) is 12.7. The molecule has 2 aromatic heterocycles. The highest BCUT2D eigenvalue weighted by Crippen LogP contribution is 2.23. The second kappa shape index (κ2) is 5.18. The molecule has 0 spiro atoms. The molecule has 0 radical (unpaired) electrons. The Morgan fingerprint density at radius 3 is 2.61 bits per heavy atom. The Hall–Kier alpha value is -1.88. The molecule has 96 valence electrons. The summed E-state index contributed by atoms with van der Waals surface area (Å²) in [5.41, 5.74) is 1.43. The summed E-state index contributed by atoms with van der Waals surface area (Å²) in [6.45, 7) is 3.90. The number of hydrogen-bond donors (Lipinski definition) is 1. The average Bonchev–Trinajstić information content (AvgIpc) is 2.74. The van der Waals surface area contributed by atoms with Crippen LogP contribution in [0.5, 0.6) is 5.75 Å². The van der Waals surface area contributed by atoms with Gasteiger partial charge < -0.3 is 9.84 Å². The van der Waals surface area contributed by atoms with E-state index < -0.39 is 6.10 Å². The molecule has 1 atom stereocenters. The molecule has 5 nitrogen and oxygen atoms in total. The van der Waals surface area contributed by atoms with Crippen molar-refractivity contribution in [1.29, 1.82) is 0 Å². The topological polar surface area (TPSA) is 60.2 Å². The minimum atomic E-state index is -0.734. The average molecular weight is 247 g/mol. The third kappa shape index (κ3) is 2.87. The van der Waals surface area contributed by atoms with Crippen molar-refractivity contribution in [3.05, 3.63) is 42.0 Å². The molecule has 0 aliphatic heterocycles. The minimum absolute atomic E-state index is 0.0811. The molecule has 0 saturated carbocycles. The molecule has 1 unspecified atom stereocenters. The van der Waals surface area contributed by atoms with Crippen LogP contribution in [0.15, 0.2) is 30.9 Å². The van der Waals surface area contributed by atoms with Crippen molar-refractivity contribution in [3.8, 4) is 5.75 Å². The quantitative estimate of drug-likeness (QED) is 0.893. The molecule has 1 N–H and O–H groups in total. The summed E-state index contributed by atoms with van der Waals surface area (Å²) < 4.78 is 7.20. The van der Waals surface area contributed by atoms with Gasteiger partial charge in [-0.2, -0.15) is 5.10 Å². The van der Waals surface area contributed by atoms with Crippen LogP contribution in [0.2, 0.25) is 0 Å². The first-order valence-electron chi connectivity index (χ1n) is 5.84. The Labute approximate surface area is 106 Å². The number of nitrogens with zero attached hydrogens (tertiary/aromatic N) is 3. The highest BCUT2D eigenvalue weighted by molar-refractivity contribution is 5.30. The van der Waals surface area contributed by atoms with Gasteiger partial charge in [0, 0.05) is 30.6 Å². The van der Waals surface area contributed by atoms with Gasteiger partial charge in [0.25, 0.3) is 0 Å². The van der Waals surface area contributed by atoms with Crippen LogP contribution in [-0.4, -0.2) is 26.0 Å². The molecule has 0 saturated heterocycles. The third-order valence-corrected chi connectivity index (χ3v) is 2.46. The van der Waals surface area contributed by atoms with Gasteiger partial charge in [-0.05, 0) is 19.9 Å². The maximum absolute atomic E-state index is 10.2. The second-order valence-corrected chi connectivity index (χ2v) is 4.47. The zero-order valence-electron chi connectivity index (χ0n) is 10.7. The summed E-state index contributed by atoms with van der Waals surface area (Å²) in [7, 11) is 1.81. The van der Waals surface area contributed by atoms with Gasteiger partial charge in [-0.25, -0.2) is 0 Å². The summed E-state index contributed by atoms with van der Waals surface area (Å²) in [6.07, 6.45) is 6.03. The van der Waals surface area contributed by atoms with Crippen LogP contribution in [0.3, 0.4) is 0 Å². The van der Waals surface area contributed by atoms with Crippen LogP contribution in [0.4, 0.5) is 0 Å². The van der Waals surface area contributed by atoms with Crippen molar-refractivity contribution in [2.45, 2.75) is 26.1 Å². The van der Waals surface area contributed by atoms with Crippen molar-refractivity contribution in [2.24, 2.45) is 7.05 Å². The highest BCUT2D eigenvalue weighted by Gasteiger charge is 2.13. The number of aliphatic hydroxyl groups excluding tert-OH is 1. The number of aliphatic hydroxyl groups is 1. The predicted octanol–water partition coefficient (Wildman–Crippen LogP) is 1.68. The molecular formula is C13H17N3O2. The smallest absolute Gasteiger partial charge is 0.138 e. The van der Waals surface area contributed by atoms with Crippen LogP contribution in [0, 0.1) is 0 Å². The molecule has 0 bridgehead atoms. The Morgan fingerprint density at radius 2 is 2.00 bits per heavy atom. The molecule has 2 heterocycles. The molecule has 0 aromatic carbocycles. The lowest BCUT2D eigenvalue weighted by Gasteiger charge is -2.12. The molecule has 0 fully saturated rings. The highest BCUT2D eigenvalue weighted by atomic mass is 16.5. The SMILES string of the molecule is CC(C)Oc1cncc(C(O)c2cnn(C)c2)c1. The Bertz CT molecular complexity index is 522. The molecular weight excluding hydrogens is 230 g/mol. The van der Waals surface area contributed by atoms with E-state index >= 15 is 0 Å². The van der Waals surface area contributed by atoms with E-state index in [-0.39, 0.29) is 6.10 Å². The predicted molar refractivity (Wildman–Crippen MR) is 67.3 cm³/mol. The van der Waals surface area contributed by atoms with Crippen LogP contribution in [-0.2, 0) is 7.05 Å². The first-order chi connectivity index (χ1) is 8.56. The fourth-order valence-corrected chi connectivity index (χ4v) is 1.70. The van der Waals surface area contributed by atoms with Gasteiger partial charge in [-0.1, -0.05) is 0 Å². The van der Waals surface area contributed by atoms with Crippen molar-refractivity contribution in [2.75, 3.05) is 0 Å². The van der Waals surface area contributed by atoms with Crippen LogP contribution < -0.4 is 4.74 Å². The van der Waals surface area contributed by atoms with E-state index in [0.717, 1.165) is 5.56 Å². The van der Waals surface area contributed by atoms with Gasteiger partial charge in [-0.15, -0.1) is 0 Å². The number of ether oxygens (including phenoxy) is 1. The van der Waals surface area contributed by atoms with Crippen molar-refractivity contribution in [3.63, 3.8) is 0 Å². The van der Waals surface area contributed by atoms with E-state index in [1.807, 2.05) is 20.9 Å². The molecule has 18 heavy (non-hydrogen) atoms. The molecule has 5 heteroatoms. The van der Waals surface area contributed by atoms with E-state index in [4.69, 9.17) is 4.74 Å². The number of hydrogen-bond acceptors (Lipinski definition) is 4. The van der Waals surface area contributed by atoms with E-state index in [9.17, 15) is 5.11 Å². The van der Waals surface area contributed by atoms with E-state index in [2.05, 4.69) is 10.1 Å². The first kappa shape index (κ1) is 12.6. The minimum Gasteiger partial charge on any atom is -0.489 e. The van der Waals surface area contributed by atoms with Gasteiger partial charge in [0.05, 0.1) is 18.5 Å². The summed E-state index contributed by atoms with van der Waals surface area (Å²) in [5.74, 6) is 0.658. The van der Waals surface area contributed by atoms with Crippen LogP contribution in [0.25, 0.3) is 0 Å². The lowest BCUT2D eigenvalue weighted by atomic mass is 10.1. The van der Waals surface area contributed by atoms with Gasteiger partial charge in [0.15, 0.2) is 0 Å². The summed E-state index contributed by atoms with van der Waals surface area (Å²) in [4.78, 5) is 4.08. The van der Waals surface area contributed by atoms with Gasteiger partial charge >= 0.3 is 0 Å². The van der Waals surface area contributed by atoms with E-state index in [1.54, 1.807) is 35.5 Å². The summed E-state index contributed by atoms with van der Waals surface area (Å²) in [6, 6.07) is 1.80. The molecule has 0 amide bonds. The maximum Gasteiger partial charge on any atom is 0.138 e. The summed E-state index contributed by atoms with van der Waals surface area (Å²) >= 11 is 0. The molecule has 0 aliphatic rings. The first-order valence-corrected chi connectivity index (χ1v) is 5.84. The Morgan fingerprint density at radius 1 is 1.22 bits per heavy atom. The van der Waals surface area contributed by atoms with E-state index in [1.165, 1.54) is 0 Å². The Kier molecular flexibility index (Phi) is 3.62. The largest absolute Gasteiger partial charge is 0.489 e. The number of aromatic nitrogens is 3. The van der Waals surface area contributed by atoms with Gasteiger partial charge in [-0.3, -0.25) is 9.67 Å². The standard InChI is InChI=1S/C13H17N3O2/c1-9(2)18-12-4-10(5-14-7-12)13(17)11-6-15-16(3)8-11/h4-9,13,17H,1-3H3. The van der Waals surface area contributed by atoms with Crippen molar-refractivity contribution < 1.29 is 9.84 Å². The van der Waals surface area contributed by atoms with Gasteiger partial charge in [0.2, 0.25) is 0 Å². The fourth-order valence-electron chi connectivity index (χ4n) is 1.70. The van der Waals surface area contributed by atoms with Crippen molar-refractivity contribution >= 4 is 0 Å². The number of aryl methyl sites for hydroxylation is 1. The molecule has 2 rings (SSSR count). The Balaban J connectivity index is 2.22. The van der Waals surface area contributed by atoms with Gasteiger partial charge in [0.1, 0.15) is 11.9 Å². The lowest BCUT2D eigenvalue weighted by molar-refractivity contribution is 0.215. The number of pyridine rings is 1. The monoisotopic (exact) mass is 247 g/mol. The van der Waals surface area contributed by atoms with Crippen LogP contribution >= 0.6 is 0 Å². The number of rotatable bonds is 4. The molecule has 2 aromatic rings. The van der Waals surface area contributed by atoms with Crippen molar-refractivity contribution in [1.82, 2.24) is 14.8 Å². The van der Waals surface area contributed by atoms with E-state index in [0.29, 0.717) is 11.3 Å². The zero-order valence-corrected chi connectivity index (χ0v) is 10.7. The zero-order chi connectivity index (χ0) is 13.1. The maximum atomic E-state index is 10.2. The summed E-state index contributed by atoms with van der Waals surface area (Å²) in [5, 5.41) is 14.3. The fraction of sp³-hybridized carbons (Fsp3) is 0.385. The lowest BCUT2D eigenvalue weighted by Crippen LogP contribution is -2.07. The van der Waals surface area contributed by atoms with Crippen LogP contribution in [0.1, 0.15) is 31.1 Å².